The minimum Gasteiger partial charge on any atom is -0.364 e. The van der Waals surface area contributed by atoms with Crippen molar-refractivity contribution in [2.24, 2.45) is 0 Å². The van der Waals surface area contributed by atoms with Gasteiger partial charge in [0, 0.05) is 17.7 Å². The van der Waals surface area contributed by atoms with Gasteiger partial charge < -0.3 is 4.74 Å². The monoisotopic (exact) mass is 259 g/mol. The molecule has 0 saturated heterocycles. The Balaban J connectivity index is 2.17. The molecule has 19 heavy (non-hydrogen) atoms. The van der Waals surface area contributed by atoms with E-state index in [1.165, 1.54) is 0 Å². The predicted molar refractivity (Wildman–Crippen MR) is 72.1 cm³/mol. The number of fused-ring (bicyclic) bond motifs is 1. The SMILES string of the molecule is CCCCCOC1C(=N)C(=O)c2ccccc2C1=O. The Morgan fingerprint density at radius 2 is 1.84 bits per heavy atom. The van der Waals surface area contributed by atoms with E-state index in [0.29, 0.717) is 17.7 Å². The molecule has 4 heteroatoms. The number of hydrogen-bond acceptors (Lipinski definition) is 4. The summed E-state index contributed by atoms with van der Waals surface area (Å²) in [6, 6.07) is 6.61. The molecule has 1 aromatic rings. The number of ketones is 2. The summed E-state index contributed by atoms with van der Waals surface area (Å²) in [4.78, 5) is 24.2. The fourth-order valence-corrected chi connectivity index (χ4v) is 2.14. The van der Waals surface area contributed by atoms with Crippen molar-refractivity contribution in [1.29, 1.82) is 5.41 Å². The third-order valence-corrected chi connectivity index (χ3v) is 3.21. The Morgan fingerprint density at radius 1 is 1.16 bits per heavy atom. The zero-order chi connectivity index (χ0) is 13.8. The van der Waals surface area contributed by atoms with Crippen LogP contribution >= 0.6 is 0 Å². The van der Waals surface area contributed by atoms with E-state index in [1.54, 1.807) is 24.3 Å². The molecule has 1 atom stereocenters. The molecule has 0 aliphatic heterocycles. The van der Waals surface area contributed by atoms with Gasteiger partial charge in [-0.1, -0.05) is 44.0 Å². The van der Waals surface area contributed by atoms with E-state index in [2.05, 4.69) is 6.92 Å². The number of Topliss-reactive ketones (excluding diaryl/α,β-unsaturated/α-hetero) is 2. The zero-order valence-corrected chi connectivity index (χ0v) is 10.9. The summed E-state index contributed by atoms with van der Waals surface area (Å²) in [6.07, 6.45) is 1.88. The second-order valence-corrected chi connectivity index (χ2v) is 4.61. The summed E-state index contributed by atoms with van der Waals surface area (Å²) in [5.74, 6) is -0.688. The van der Waals surface area contributed by atoms with Crippen molar-refractivity contribution >= 4 is 17.3 Å². The quantitative estimate of drug-likeness (QED) is 0.826. The molecular formula is C15H17NO3. The molecule has 1 aliphatic carbocycles. The van der Waals surface area contributed by atoms with Crippen LogP contribution in [0.1, 0.15) is 46.9 Å². The van der Waals surface area contributed by atoms with Crippen molar-refractivity contribution in [2.45, 2.75) is 32.3 Å². The van der Waals surface area contributed by atoms with Crippen LogP contribution in [0, 0.1) is 5.41 Å². The van der Waals surface area contributed by atoms with E-state index in [0.717, 1.165) is 19.3 Å². The van der Waals surface area contributed by atoms with Crippen molar-refractivity contribution in [1.82, 2.24) is 0 Å². The van der Waals surface area contributed by atoms with Crippen LogP contribution in [0.3, 0.4) is 0 Å². The number of nitrogens with one attached hydrogen (secondary N) is 1. The first-order valence-electron chi connectivity index (χ1n) is 6.54. The molecule has 0 aromatic heterocycles. The van der Waals surface area contributed by atoms with Crippen LogP contribution in [0.25, 0.3) is 0 Å². The predicted octanol–water partition coefficient (Wildman–Crippen LogP) is 2.66. The number of rotatable bonds is 5. The van der Waals surface area contributed by atoms with Gasteiger partial charge in [-0.2, -0.15) is 0 Å². The van der Waals surface area contributed by atoms with Gasteiger partial charge >= 0.3 is 0 Å². The van der Waals surface area contributed by atoms with E-state index >= 15 is 0 Å². The standard InChI is InChI=1S/C15H17NO3/c1-2-3-6-9-19-15-12(16)13(17)10-7-4-5-8-11(10)14(15)18/h4-5,7-8,15-16H,2-3,6,9H2,1H3. The smallest absolute Gasteiger partial charge is 0.210 e. The molecule has 0 spiro atoms. The summed E-state index contributed by atoms with van der Waals surface area (Å²) in [5, 5.41) is 7.80. The molecule has 4 nitrogen and oxygen atoms in total. The van der Waals surface area contributed by atoms with E-state index < -0.39 is 11.9 Å². The summed E-state index contributed by atoms with van der Waals surface area (Å²) in [6.45, 7) is 2.48. The first-order chi connectivity index (χ1) is 9.16. The number of benzene rings is 1. The zero-order valence-electron chi connectivity index (χ0n) is 10.9. The molecular weight excluding hydrogens is 242 g/mol. The van der Waals surface area contributed by atoms with Crippen LogP contribution in [0.15, 0.2) is 24.3 Å². The number of carbonyl (C=O) groups is 2. The topological polar surface area (TPSA) is 67.2 Å². The van der Waals surface area contributed by atoms with Gasteiger partial charge in [-0.15, -0.1) is 0 Å². The molecule has 0 radical (unpaired) electrons. The fraction of sp³-hybridized carbons (Fsp3) is 0.400. The number of unbranched alkanes of at least 4 members (excludes halogenated alkanes) is 2. The highest BCUT2D eigenvalue weighted by molar-refractivity contribution is 6.54. The fourth-order valence-electron chi connectivity index (χ4n) is 2.14. The maximum Gasteiger partial charge on any atom is 0.210 e. The molecule has 0 heterocycles. The number of carbonyl (C=O) groups excluding carboxylic acids is 2. The normalized spacial score (nSPS) is 18.6. The minimum absolute atomic E-state index is 0.250. The van der Waals surface area contributed by atoms with Crippen molar-refractivity contribution in [3.05, 3.63) is 35.4 Å². The van der Waals surface area contributed by atoms with Crippen LogP contribution < -0.4 is 0 Å². The lowest BCUT2D eigenvalue weighted by Gasteiger charge is -2.23. The molecule has 2 rings (SSSR count). The van der Waals surface area contributed by atoms with Crippen molar-refractivity contribution in [3.63, 3.8) is 0 Å². The van der Waals surface area contributed by atoms with Gasteiger partial charge in [-0.25, -0.2) is 0 Å². The van der Waals surface area contributed by atoms with Crippen LogP contribution in [-0.4, -0.2) is 30.0 Å². The molecule has 100 valence electrons. The van der Waals surface area contributed by atoms with Crippen LogP contribution in [0.2, 0.25) is 0 Å². The molecule has 1 aromatic carbocycles. The Hall–Kier alpha value is -1.81. The molecule has 0 bridgehead atoms. The van der Waals surface area contributed by atoms with Gasteiger partial charge in [0.2, 0.25) is 5.78 Å². The lowest BCUT2D eigenvalue weighted by Crippen LogP contribution is -2.42. The van der Waals surface area contributed by atoms with Crippen LogP contribution in [0.4, 0.5) is 0 Å². The van der Waals surface area contributed by atoms with Gasteiger partial charge in [-0.05, 0) is 6.42 Å². The van der Waals surface area contributed by atoms with E-state index in [9.17, 15) is 9.59 Å². The third-order valence-electron chi connectivity index (χ3n) is 3.21. The molecule has 0 fully saturated rings. The Kier molecular flexibility index (Phi) is 4.22. The van der Waals surface area contributed by atoms with E-state index in [1.807, 2.05) is 0 Å². The van der Waals surface area contributed by atoms with Gasteiger partial charge in [0.15, 0.2) is 11.9 Å². The second-order valence-electron chi connectivity index (χ2n) is 4.61. The average molecular weight is 259 g/mol. The molecule has 0 amide bonds. The van der Waals surface area contributed by atoms with Gasteiger partial charge in [-0.3, -0.25) is 15.0 Å². The average Bonchev–Trinajstić information content (AvgIpc) is 2.44. The summed E-state index contributed by atoms with van der Waals surface area (Å²) in [5.41, 5.74) is 0.426. The second kappa shape index (κ2) is 5.89. The highest BCUT2D eigenvalue weighted by Crippen LogP contribution is 2.21. The molecule has 1 unspecified atom stereocenters. The summed E-state index contributed by atoms with van der Waals surface area (Å²) in [7, 11) is 0. The van der Waals surface area contributed by atoms with Gasteiger partial charge in [0.25, 0.3) is 0 Å². The maximum atomic E-state index is 12.2. The Bertz CT molecular complexity index is 522. The van der Waals surface area contributed by atoms with Gasteiger partial charge in [0.05, 0.1) is 0 Å². The Morgan fingerprint density at radius 3 is 2.53 bits per heavy atom. The first-order valence-corrected chi connectivity index (χ1v) is 6.54. The largest absolute Gasteiger partial charge is 0.364 e. The highest BCUT2D eigenvalue weighted by Gasteiger charge is 2.37. The van der Waals surface area contributed by atoms with Crippen LogP contribution in [-0.2, 0) is 4.74 Å². The molecule has 1 aliphatic rings. The van der Waals surface area contributed by atoms with Crippen molar-refractivity contribution < 1.29 is 14.3 Å². The first kappa shape index (κ1) is 13.6. The molecule has 0 saturated carbocycles. The van der Waals surface area contributed by atoms with E-state index in [-0.39, 0.29) is 11.5 Å². The number of ether oxygens (including phenoxy) is 1. The Labute approximate surface area is 112 Å². The number of hydrogen-bond donors (Lipinski definition) is 1. The molecule has 1 N–H and O–H groups in total. The van der Waals surface area contributed by atoms with Crippen LogP contribution in [0.5, 0.6) is 0 Å². The lowest BCUT2D eigenvalue weighted by molar-refractivity contribution is 0.0582. The van der Waals surface area contributed by atoms with Crippen molar-refractivity contribution in [2.75, 3.05) is 6.61 Å². The third kappa shape index (κ3) is 2.63. The van der Waals surface area contributed by atoms with E-state index in [4.69, 9.17) is 10.1 Å². The summed E-state index contributed by atoms with van der Waals surface area (Å²) < 4.78 is 5.44. The summed E-state index contributed by atoms with van der Waals surface area (Å²) >= 11 is 0. The lowest BCUT2D eigenvalue weighted by atomic mass is 9.86. The maximum absolute atomic E-state index is 12.2. The highest BCUT2D eigenvalue weighted by atomic mass is 16.5. The van der Waals surface area contributed by atoms with Crippen molar-refractivity contribution in [3.8, 4) is 0 Å². The minimum atomic E-state index is -1.03. The van der Waals surface area contributed by atoms with Gasteiger partial charge in [0.1, 0.15) is 5.71 Å².